The van der Waals surface area contributed by atoms with Crippen molar-refractivity contribution in [3.8, 4) is 0 Å². The van der Waals surface area contributed by atoms with Crippen LogP contribution in [0.15, 0.2) is 23.7 Å². The topological polar surface area (TPSA) is 133 Å². The second kappa shape index (κ2) is 12.4. The molecule has 1 aliphatic heterocycles. The maximum Gasteiger partial charge on any atom is 0.306 e. The fourth-order valence-corrected chi connectivity index (χ4v) is 5.55. The molecule has 9 nitrogen and oxygen atoms in total. The Morgan fingerprint density at radius 1 is 1.19 bits per heavy atom. The van der Waals surface area contributed by atoms with E-state index in [0.29, 0.717) is 31.4 Å². The number of nitrogens with zero attached hydrogens (tertiary/aromatic N) is 2. The maximum atomic E-state index is 13.7. The van der Waals surface area contributed by atoms with Crippen LogP contribution in [0.25, 0.3) is 0 Å². The van der Waals surface area contributed by atoms with Gasteiger partial charge in [-0.3, -0.25) is 19.4 Å². The van der Waals surface area contributed by atoms with Crippen LogP contribution in [0, 0.1) is 11.3 Å². The summed E-state index contributed by atoms with van der Waals surface area (Å²) < 4.78 is 6.08. The zero-order valence-electron chi connectivity index (χ0n) is 21.4. The minimum absolute atomic E-state index is 0.00169. The lowest BCUT2D eigenvalue weighted by Crippen LogP contribution is -2.43. The molecule has 1 amide bonds. The fraction of sp³-hybridized carbons (Fsp3) is 0.577. The smallest absolute Gasteiger partial charge is 0.306 e. The number of halogens is 2. The third-order valence-corrected chi connectivity index (χ3v) is 7.58. The van der Waals surface area contributed by atoms with E-state index in [0.717, 1.165) is 19.1 Å². The average molecular weight is 553 g/mol. The number of allylic oxidation sites excluding steroid dienone is 1. The van der Waals surface area contributed by atoms with E-state index in [9.17, 15) is 19.5 Å². The molecule has 1 aliphatic carbocycles. The SMILES string of the molecule is C/C(N[C@H]1CC[C@H](C(=O)O)CC1)=C(/C=N)C(=O)N(CC(=O)c1c(Cl)cncc1Cl)C[C@@H]1CCC(C)(C)O1. The van der Waals surface area contributed by atoms with Gasteiger partial charge in [-0.1, -0.05) is 23.2 Å². The number of carbonyl (C=O) groups is 3. The fourth-order valence-electron chi connectivity index (χ4n) is 4.97. The van der Waals surface area contributed by atoms with Gasteiger partial charge in [-0.25, -0.2) is 0 Å². The van der Waals surface area contributed by atoms with Crippen molar-refractivity contribution in [3.05, 3.63) is 39.3 Å². The normalized spacial score (nSPS) is 23.6. The molecule has 0 unspecified atom stereocenters. The summed E-state index contributed by atoms with van der Waals surface area (Å²) in [5.41, 5.74) is 0.392. The molecule has 202 valence electrons. The second-order valence-electron chi connectivity index (χ2n) is 10.3. The summed E-state index contributed by atoms with van der Waals surface area (Å²) in [5.74, 6) is -2.06. The summed E-state index contributed by atoms with van der Waals surface area (Å²) in [5, 5.41) is 20.7. The van der Waals surface area contributed by atoms with E-state index >= 15 is 0 Å². The lowest BCUT2D eigenvalue weighted by molar-refractivity contribution is -0.142. The summed E-state index contributed by atoms with van der Waals surface area (Å²) >= 11 is 12.4. The van der Waals surface area contributed by atoms with Crippen LogP contribution in [0.1, 0.15) is 69.7 Å². The molecule has 3 N–H and O–H groups in total. The number of carboxylic acid groups (broad SMARTS) is 1. The molecule has 2 fully saturated rings. The monoisotopic (exact) mass is 552 g/mol. The maximum absolute atomic E-state index is 13.7. The number of rotatable bonds is 10. The Labute approximate surface area is 227 Å². The highest BCUT2D eigenvalue weighted by molar-refractivity contribution is 6.39. The molecular formula is C26H34Cl2N4O5. The van der Waals surface area contributed by atoms with E-state index in [1.807, 2.05) is 13.8 Å². The van der Waals surface area contributed by atoms with Crippen molar-refractivity contribution in [2.24, 2.45) is 5.92 Å². The molecule has 0 aromatic carbocycles. The number of aromatic nitrogens is 1. The van der Waals surface area contributed by atoms with Crippen LogP contribution in [0.2, 0.25) is 10.0 Å². The third-order valence-electron chi connectivity index (χ3n) is 7.01. The van der Waals surface area contributed by atoms with Crippen LogP contribution in [0.3, 0.4) is 0 Å². The van der Waals surface area contributed by atoms with E-state index in [1.54, 1.807) is 6.92 Å². The highest BCUT2D eigenvalue weighted by Crippen LogP contribution is 2.31. The Bertz CT molecular complexity index is 1060. The Hall–Kier alpha value is -2.49. The molecule has 3 rings (SSSR count). The molecule has 1 saturated carbocycles. The van der Waals surface area contributed by atoms with Gasteiger partial charge in [0.2, 0.25) is 0 Å². The van der Waals surface area contributed by atoms with Gasteiger partial charge in [-0.05, 0) is 59.3 Å². The highest BCUT2D eigenvalue weighted by atomic mass is 35.5. The van der Waals surface area contributed by atoms with Crippen LogP contribution in [-0.4, -0.2) is 69.7 Å². The van der Waals surface area contributed by atoms with Gasteiger partial charge in [0.1, 0.15) is 0 Å². The minimum atomic E-state index is -0.784. The highest BCUT2D eigenvalue weighted by Gasteiger charge is 2.35. The van der Waals surface area contributed by atoms with Crippen LogP contribution in [0.4, 0.5) is 0 Å². The molecule has 1 saturated heterocycles. The van der Waals surface area contributed by atoms with E-state index in [-0.39, 0.29) is 57.9 Å². The van der Waals surface area contributed by atoms with Gasteiger partial charge < -0.3 is 25.5 Å². The summed E-state index contributed by atoms with van der Waals surface area (Å²) in [7, 11) is 0. The minimum Gasteiger partial charge on any atom is -0.481 e. The number of hydrogen-bond donors (Lipinski definition) is 3. The number of amides is 1. The lowest BCUT2D eigenvalue weighted by atomic mass is 9.86. The quantitative estimate of drug-likeness (QED) is 0.221. The number of carbonyl (C=O) groups excluding carboxylic acids is 2. The lowest BCUT2D eigenvalue weighted by Gasteiger charge is -2.30. The van der Waals surface area contributed by atoms with Crippen LogP contribution in [0.5, 0.6) is 0 Å². The first-order valence-corrected chi connectivity index (χ1v) is 13.2. The molecule has 0 spiro atoms. The molecule has 37 heavy (non-hydrogen) atoms. The first-order valence-electron chi connectivity index (χ1n) is 12.4. The van der Waals surface area contributed by atoms with Crippen molar-refractivity contribution in [3.63, 3.8) is 0 Å². The Balaban J connectivity index is 1.81. The Morgan fingerprint density at radius 3 is 2.32 bits per heavy atom. The predicted octanol–water partition coefficient (Wildman–Crippen LogP) is 4.51. The van der Waals surface area contributed by atoms with E-state index in [1.165, 1.54) is 17.3 Å². The van der Waals surface area contributed by atoms with Crippen molar-refractivity contribution >= 4 is 47.1 Å². The summed E-state index contributed by atoms with van der Waals surface area (Å²) in [6.45, 7) is 5.56. The van der Waals surface area contributed by atoms with Gasteiger partial charge in [0, 0.05) is 36.9 Å². The van der Waals surface area contributed by atoms with Gasteiger partial charge in [-0.15, -0.1) is 0 Å². The largest absolute Gasteiger partial charge is 0.481 e. The zero-order chi connectivity index (χ0) is 27.3. The number of hydrogen-bond acceptors (Lipinski definition) is 7. The van der Waals surface area contributed by atoms with Gasteiger partial charge in [0.25, 0.3) is 5.91 Å². The molecule has 11 heteroatoms. The summed E-state index contributed by atoms with van der Waals surface area (Å²) in [4.78, 5) is 43.4. The number of ketones is 1. The number of nitrogens with one attached hydrogen (secondary N) is 2. The van der Waals surface area contributed by atoms with Crippen LogP contribution >= 0.6 is 23.2 Å². The van der Waals surface area contributed by atoms with Gasteiger partial charge >= 0.3 is 5.97 Å². The standard InChI is InChI=1S/C26H34Cl2N4O5/c1-15(31-17-6-4-16(5-7-17)25(35)36)19(10-29)24(34)32(13-18-8-9-26(2,3)37-18)14-22(33)23-20(27)11-30-12-21(23)28/h10-12,16-18,29,31H,4-9,13-14H2,1-3H3,(H,35,36)/b19-15+,29-10?/t16-,17-,18-/m0/s1. The molecule has 2 heterocycles. The Kier molecular flexibility index (Phi) is 9.72. The van der Waals surface area contributed by atoms with Crippen LogP contribution < -0.4 is 5.32 Å². The molecule has 1 aromatic heterocycles. The first-order chi connectivity index (χ1) is 17.4. The molecule has 1 aromatic rings. The van der Waals surface area contributed by atoms with Gasteiger partial charge in [0.05, 0.1) is 45.3 Å². The van der Waals surface area contributed by atoms with Crippen molar-refractivity contribution in [2.45, 2.75) is 77.0 Å². The number of ether oxygens (including phenoxy) is 1. The molecule has 1 atom stereocenters. The zero-order valence-corrected chi connectivity index (χ0v) is 22.9. The molecular weight excluding hydrogens is 519 g/mol. The van der Waals surface area contributed by atoms with E-state index in [2.05, 4.69) is 10.3 Å². The van der Waals surface area contributed by atoms with E-state index in [4.69, 9.17) is 33.3 Å². The van der Waals surface area contributed by atoms with Crippen molar-refractivity contribution in [2.75, 3.05) is 13.1 Å². The van der Waals surface area contributed by atoms with E-state index < -0.39 is 17.7 Å². The van der Waals surface area contributed by atoms with Gasteiger partial charge in [0.15, 0.2) is 5.78 Å². The van der Waals surface area contributed by atoms with Gasteiger partial charge in [-0.2, -0.15) is 0 Å². The van der Waals surface area contributed by atoms with Crippen molar-refractivity contribution in [1.29, 1.82) is 5.41 Å². The molecule has 0 bridgehead atoms. The number of carboxylic acids is 1. The average Bonchev–Trinajstić information content (AvgIpc) is 3.17. The second-order valence-corrected chi connectivity index (χ2v) is 11.2. The first kappa shape index (κ1) is 29.1. The molecule has 0 radical (unpaired) electrons. The predicted molar refractivity (Wildman–Crippen MR) is 141 cm³/mol. The number of pyridine rings is 1. The Morgan fingerprint density at radius 2 is 1.81 bits per heavy atom. The summed E-state index contributed by atoms with van der Waals surface area (Å²) in [6.07, 6.45) is 7.33. The molecule has 2 aliphatic rings. The van der Waals surface area contributed by atoms with Crippen LogP contribution in [-0.2, 0) is 14.3 Å². The third kappa shape index (κ3) is 7.52. The number of Topliss-reactive ketones (excluding diaryl/α,β-unsaturated/α-hetero) is 1. The van der Waals surface area contributed by atoms with Crippen molar-refractivity contribution in [1.82, 2.24) is 15.2 Å². The van der Waals surface area contributed by atoms with Crippen molar-refractivity contribution < 1.29 is 24.2 Å². The number of aliphatic carboxylic acids is 1. The summed E-state index contributed by atoms with van der Waals surface area (Å²) in [6, 6.07) is 0.00169.